The van der Waals surface area contributed by atoms with Crippen LogP contribution in [-0.2, 0) is 14.3 Å². The van der Waals surface area contributed by atoms with Gasteiger partial charge in [0.1, 0.15) is 0 Å². The van der Waals surface area contributed by atoms with Gasteiger partial charge in [-0.1, -0.05) is 30.3 Å². The molecule has 0 aliphatic heterocycles. The average molecular weight is 301 g/mol. The van der Waals surface area contributed by atoms with Gasteiger partial charge in [0, 0.05) is 13.0 Å². The number of methoxy groups -OCH3 is 1. The molecule has 0 saturated heterocycles. The third kappa shape index (κ3) is 6.54. The van der Waals surface area contributed by atoms with Gasteiger partial charge in [-0.15, -0.1) is 12.4 Å². The van der Waals surface area contributed by atoms with Crippen LogP contribution in [0.5, 0.6) is 0 Å². The van der Waals surface area contributed by atoms with Crippen LogP contribution in [-0.4, -0.2) is 32.6 Å². The Balaban J connectivity index is 0.00000361. The maximum absolute atomic E-state index is 11.8. The van der Waals surface area contributed by atoms with Crippen LogP contribution in [0.1, 0.15) is 24.4 Å². The van der Waals surface area contributed by atoms with Gasteiger partial charge < -0.3 is 15.4 Å². The van der Waals surface area contributed by atoms with Gasteiger partial charge >= 0.3 is 5.97 Å². The lowest BCUT2D eigenvalue weighted by Crippen LogP contribution is -2.32. The van der Waals surface area contributed by atoms with E-state index in [4.69, 9.17) is 0 Å². The Bertz CT molecular complexity index is 412. The third-order valence-corrected chi connectivity index (χ3v) is 2.74. The van der Waals surface area contributed by atoms with Gasteiger partial charge in [0.05, 0.1) is 19.6 Å². The Labute approximate surface area is 125 Å². The molecule has 5 nitrogen and oxygen atoms in total. The van der Waals surface area contributed by atoms with E-state index in [1.54, 1.807) is 7.05 Å². The van der Waals surface area contributed by atoms with E-state index in [9.17, 15) is 9.59 Å². The minimum atomic E-state index is -0.349. The maximum atomic E-state index is 11.8. The molecule has 20 heavy (non-hydrogen) atoms. The number of rotatable bonds is 7. The minimum Gasteiger partial charge on any atom is -0.469 e. The number of amides is 1. The van der Waals surface area contributed by atoms with Crippen LogP contribution in [0.3, 0.4) is 0 Å². The van der Waals surface area contributed by atoms with E-state index in [-0.39, 0.29) is 36.7 Å². The zero-order valence-electron chi connectivity index (χ0n) is 11.7. The highest BCUT2D eigenvalue weighted by molar-refractivity contribution is 5.85. The maximum Gasteiger partial charge on any atom is 0.307 e. The molecule has 1 rings (SSSR count). The fourth-order valence-corrected chi connectivity index (χ4v) is 1.69. The number of benzene rings is 1. The highest BCUT2D eigenvalue weighted by Gasteiger charge is 2.18. The molecular formula is C14H21ClN2O3. The molecule has 1 atom stereocenters. The predicted molar refractivity (Wildman–Crippen MR) is 79.8 cm³/mol. The molecule has 1 amide bonds. The third-order valence-electron chi connectivity index (χ3n) is 2.74. The number of hydrogen-bond donors (Lipinski definition) is 2. The second-order valence-electron chi connectivity index (χ2n) is 4.16. The van der Waals surface area contributed by atoms with Crippen molar-refractivity contribution < 1.29 is 14.3 Å². The van der Waals surface area contributed by atoms with Gasteiger partial charge in [0.25, 0.3) is 0 Å². The number of ether oxygens (including phenoxy) is 1. The van der Waals surface area contributed by atoms with E-state index >= 15 is 0 Å². The summed E-state index contributed by atoms with van der Waals surface area (Å²) in [6.45, 7) is 0.603. The van der Waals surface area contributed by atoms with Crippen molar-refractivity contribution >= 4 is 24.3 Å². The summed E-state index contributed by atoms with van der Waals surface area (Å²) in [6, 6.07) is 9.05. The van der Waals surface area contributed by atoms with Crippen molar-refractivity contribution in [2.24, 2.45) is 0 Å². The van der Waals surface area contributed by atoms with E-state index < -0.39 is 0 Å². The van der Waals surface area contributed by atoms with Crippen LogP contribution < -0.4 is 10.6 Å². The Hall–Kier alpha value is -1.59. The quantitative estimate of drug-likeness (QED) is 0.748. The SMILES string of the molecule is CNCCC(=O)NC(CC(=O)OC)c1ccccc1.Cl. The zero-order chi connectivity index (χ0) is 14.1. The van der Waals surface area contributed by atoms with Crippen LogP contribution in [0.25, 0.3) is 0 Å². The summed E-state index contributed by atoms with van der Waals surface area (Å²) in [6.07, 6.45) is 0.507. The Kier molecular flexibility index (Phi) is 9.41. The first-order chi connectivity index (χ1) is 9.17. The topological polar surface area (TPSA) is 67.4 Å². The predicted octanol–water partition coefficient (Wildman–Crippen LogP) is 1.44. The monoisotopic (exact) mass is 300 g/mol. The van der Waals surface area contributed by atoms with Crippen molar-refractivity contribution in [1.29, 1.82) is 0 Å². The van der Waals surface area contributed by atoms with E-state index in [0.29, 0.717) is 13.0 Å². The molecule has 0 bridgehead atoms. The average Bonchev–Trinajstić information content (AvgIpc) is 2.45. The first-order valence-electron chi connectivity index (χ1n) is 6.23. The summed E-state index contributed by atoms with van der Waals surface area (Å²) < 4.78 is 4.66. The number of carbonyl (C=O) groups excluding carboxylic acids is 2. The van der Waals surface area contributed by atoms with Crippen LogP contribution in [0, 0.1) is 0 Å². The van der Waals surface area contributed by atoms with Gasteiger partial charge in [0.2, 0.25) is 5.91 Å². The van der Waals surface area contributed by atoms with E-state index in [2.05, 4.69) is 15.4 Å². The lowest BCUT2D eigenvalue weighted by Gasteiger charge is -2.18. The van der Waals surface area contributed by atoms with Crippen LogP contribution in [0.4, 0.5) is 0 Å². The van der Waals surface area contributed by atoms with Gasteiger partial charge in [-0.05, 0) is 12.6 Å². The molecule has 0 aliphatic carbocycles. The van der Waals surface area contributed by atoms with Crippen molar-refractivity contribution in [3.63, 3.8) is 0 Å². The minimum absolute atomic E-state index is 0. The van der Waals surface area contributed by atoms with Gasteiger partial charge in [-0.3, -0.25) is 9.59 Å². The van der Waals surface area contributed by atoms with Crippen LogP contribution in [0.2, 0.25) is 0 Å². The Morgan fingerprint density at radius 3 is 2.45 bits per heavy atom. The largest absolute Gasteiger partial charge is 0.469 e. The Morgan fingerprint density at radius 2 is 1.90 bits per heavy atom. The smallest absolute Gasteiger partial charge is 0.307 e. The standard InChI is InChI=1S/C14H20N2O3.ClH/c1-15-9-8-13(17)16-12(10-14(18)19-2)11-6-4-3-5-7-11;/h3-7,12,15H,8-10H2,1-2H3,(H,16,17);1H. The summed E-state index contributed by atoms with van der Waals surface area (Å²) in [5.74, 6) is -0.435. The van der Waals surface area contributed by atoms with E-state index in [0.717, 1.165) is 5.56 Å². The molecule has 1 aromatic carbocycles. The highest BCUT2D eigenvalue weighted by atomic mass is 35.5. The summed E-state index contributed by atoms with van der Waals surface area (Å²) in [5, 5.41) is 5.76. The summed E-state index contributed by atoms with van der Waals surface area (Å²) in [7, 11) is 3.13. The van der Waals surface area contributed by atoms with Crippen molar-refractivity contribution in [3.8, 4) is 0 Å². The van der Waals surface area contributed by atoms with Crippen molar-refractivity contribution in [2.75, 3.05) is 20.7 Å². The summed E-state index contributed by atoms with van der Waals surface area (Å²) in [5.41, 5.74) is 0.894. The number of hydrogen-bond acceptors (Lipinski definition) is 4. The molecule has 0 fully saturated rings. The molecule has 0 spiro atoms. The molecule has 112 valence electrons. The highest BCUT2D eigenvalue weighted by Crippen LogP contribution is 2.17. The lowest BCUT2D eigenvalue weighted by molar-refractivity contribution is -0.141. The van der Waals surface area contributed by atoms with Gasteiger partial charge in [-0.2, -0.15) is 0 Å². The first kappa shape index (κ1) is 18.4. The first-order valence-corrected chi connectivity index (χ1v) is 6.23. The molecule has 0 aromatic heterocycles. The normalized spacial score (nSPS) is 11.1. The molecule has 0 heterocycles. The number of halogens is 1. The molecule has 1 aromatic rings. The molecule has 0 aliphatic rings. The van der Waals surface area contributed by atoms with Crippen LogP contribution in [0.15, 0.2) is 30.3 Å². The molecule has 6 heteroatoms. The molecule has 0 radical (unpaired) electrons. The molecule has 2 N–H and O–H groups in total. The summed E-state index contributed by atoms with van der Waals surface area (Å²) >= 11 is 0. The van der Waals surface area contributed by atoms with Crippen LogP contribution >= 0.6 is 12.4 Å². The Morgan fingerprint density at radius 1 is 1.25 bits per heavy atom. The zero-order valence-corrected chi connectivity index (χ0v) is 12.5. The lowest BCUT2D eigenvalue weighted by atomic mass is 10.0. The second kappa shape index (κ2) is 10.2. The van der Waals surface area contributed by atoms with Crippen molar-refractivity contribution in [1.82, 2.24) is 10.6 Å². The molecular weight excluding hydrogens is 280 g/mol. The fourth-order valence-electron chi connectivity index (χ4n) is 1.69. The van der Waals surface area contributed by atoms with Crippen molar-refractivity contribution in [2.45, 2.75) is 18.9 Å². The van der Waals surface area contributed by atoms with E-state index in [1.807, 2.05) is 30.3 Å². The number of esters is 1. The second-order valence-corrected chi connectivity index (χ2v) is 4.16. The van der Waals surface area contributed by atoms with Gasteiger partial charge in [0.15, 0.2) is 0 Å². The summed E-state index contributed by atoms with van der Waals surface area (Å²) in [4.78, 5) is 23.2. The number of nitrogens with one attached hydrogen (secondary N) is 2. The molecule has 0 saturated carbocycles. The number of carbonyl (C=O) groups is 2. The van der Waals surface area contributed by atoms with E-state index in [1.165, 1.54) is 7.11 Å². The molecule has 1 unspecified atom stereocenters. The van der Waals surface area contributed by atoms with Gasteiger partial charge in [-0.25, -0.2) is 0 Å². The fraction of sp³-hybridized carbons (Fsp3) is 0.429. The van der Waals surface area contributed by atoms with Crippen molar-refractivity contribution in [3.05, 3.63) is 35.9 Å².